The van der Waals surface area contributed by atoms with Crippen molar-refractivity contribution >= 4 is 11.8 Å². The number of ether oxygens (including phenoxy) is 2. The molecule has 2 heterocycles. The average Bonchev–Trinajstić information content (AvgIpc) is 4.16. The number of ketones is 1. The molecule has 2 saturated carbocycles. The van der Waals surface area contributed by atoms with Crippen molar-refractivity contribution < 1.29 is 34.4 Å². The first kappa shape index (κ1) is 52.6. The largest absolute Gasteiger partial charge is 0.508 e. The van der Waals surface area contributed by atoms with E-state index in [1.165, 1.54) is 77.0 Å². The summed E-state index contributed by atoms with van der Waals surface area (Å²) in [6.07, 6.45) is 24.1. The predicted molar refractivity (Wildman–Crippen MR) is 273 cm³/mol. The lowest BCUT2D eigenvalue weighted by atomic mass is 9.66. The Balaban J connectivity index is 0.000000201. The standard InChI is InChI=1S/C30H44O3.C25H36O4.C4H9N/c1-7-8-9-10-13-28(2,3)21-17-24(31)27-22-16-20(25(32)19-30(6)14-15-30)11-12-23(22)29(4,5)33-26(27)18-21;1-6-7-8-9-12-24(2,3)17-14-20(26)22-18-13-16(23(27)28)10-11-19(18)25(4,5)29-21(22)15-17;1-4(5)2-3-4/h11,17-18,22-23,31H,7-10,12-16,19H2,1-6H3;10,14-15,18-19,26H,6-9,11-13H2,1-5H3,(H,27,28);2-3,5H2,1H3/t22-,23-;18-,19-;/m11./s1. The summed E-state index contributed by atoms with van der Waals surface area (Å²) in [4.78, 5) is 24.6. The molecule has 0 unspecified atom stereocenters. The molecule has 2 fully saturated rings. The number of unbranched alkanes of at least 4 members (excludes halogenated alkanes) is 6. The van der Waals surface area contributed by atoms with Gasteiger partial charge in [-0.2, -0.15) is 0 Å². The van der Waals surface area contributed by atoms with E-state index < -0.39 is 11.6 Å². The number of carboxylic acids is 1. The van der Waals surface area contributed by atoms with Crippen LogP contribution in [0.5, 0.6) is 23.0 Å². The van der Waals surface area contributed by atoms with Gasteiger partial charge in [-0.1, -0.05) is 112 Å². The van der Waals surface area contributed by atoms with E-state index in [2.05, 4.69) is 101 Å². The van der Waals surface area contributed by atoms with Crippen molar-refractivity contribution in [3.63, 3.8) is 0 Å². The summed E-state index contributed by atoms with van der Waals surface area (Å²) < 4.78 is 13.0. The zero-order valence-corrected chi connectivity index (χ0v) is 43.8. The van der Waals surface area contributed by atoms with Crippen molar-refractivity contribution in [2.75, 3.05) is 0 Å². The second-order valence-electron chi connectivity index (χ2n) is 24.7. The SMILES string of the molecule is CC1(N)CC1.CCCCCCC(C)(C)c1cc(O)c2c(c1)OC(C)(C)[C@@H]1CC=C(C(=O)CC3(C)CC3)C[C@@H]21.CCCCCCC(C)(C)c1cc(O)c2c(c1)OC(C)(C)[C@@H]1CC=C(C(=O)O)C[C@@H]21. The molecule has 4 atom stereocenters. The van der Waals surface area contributed by atoms with Gasteiger partial charge < -0.3 is 30.5 Å². The number of hydrogen-bond acceptors (Lipinski definition) is 7. The molecule has 0 amide bonds. The summed E-state index contributed by atoms with van der Waals surface area (Å²) in [6.45, 7) is 26.2. The van der Waals surface area contributed by atoms with Crippen LogP contribution in [0.4, 0.5) is 0 Å². The minimum atomic E-state index is -0.862. The summed E-state index contributed by atoms with van der Waals surface area (Å²) in [6, 6.07) is 8.13. The van der Waals surface area contributed by atoms with Crippen molar-refractivity contribution in [1.82, 2.24) is 0 Å². The van der Waals surface area contributed by atoms with Gasteiger partial charge in [0.25, 0.3) is 0 Å². The van der Waals surface area contributed by atoms with Gasteiger partial charge in [0.2, 0.25) is 0 Å². The van der Waals surface area contributed by atoms with Crippen LogP contribution in [-0.2, 0) is 20.4 Å². The molecule has 8 heteroatoms. The normalized spacial score (nSPS) is 24.4. The third-order valence-corrected chi connectivity index (χ3v) is 16.8. The van der Waals surface area contributed by atoms with Crippen LogP contribution >= 0.6 is 0 Å². The fraction of sp³-hybridized carbons (Fsp3) is 0.695. The van der Waals surface area contributed by atoms with Gasteiger partial charge in [-0.15, -0.1) is 0 Å². The highest BCUT2D eigenvalue weighted by atomic mass is 16.5. The fourth-order valence-corrected chi connectivity index (χ4v) is 11.3. The van der Waals surface area contributed by atoms with Gasteiger partial charge in [0.15, 0.2) is 5.78 Å². The second-order valence-corrected chi connectivity index (χ2v) is 24.7. The Kier molecular flexibility index (Phi) is 15.9. The third-order valence-electron chi connectivity index (χ3n) is 16.8. The van der Waals surface area contributed by atoms with E-state index in [4.69, 9.17) is 15.2 Å². The van der Waals surface area contributed by atoms with E-state index in [9.17, 15) is 24.9 Å². The molecule has 0 saturated heterocycles. The van der Waals surface area contributed by atoms with E-state index in [0.29, 0.717) is 42.8 Å². The van der Waals surface area contributed by atoms with Crippen LogP contribution in [-0.4, -0.2) is 43.8 Å². The first-order valence-corrected chi connectivity index (χ1v) is 26.3. The highest BCUT2D eigenvalue weighted by Crippen LogP contribution is 2.57. The molecule has 2 aromatic rings. The number of aromatic hydroxyl groups is 2. The monoisotopic (exact) mass is 924 g/mol. The molecule has 2 aromatic carbocycles. The maximum atomic E-state index is 13.1. The van der Waals surface area contributed by atoms with Gasteiger partial charge in [-0.05, 0) is 156 Å². The van der Waals surface area contributed by atoms with Crippen molar-refractivity contribution in [3.05, 3.63) is 69.8 Å². The minimum Gasteiger partial charge on any atom is -0.508 e. The number of rotatable bonds is 16. The first-order chi connectivity index (χ1) is 31.2. The number of Topliss-reactive ketones (excluding diaryl/α,β-unsaturated/α-hetero) is 1. The lowest BCUT2D eigenvalue weighted by molar-refractivity contribution is -0.133. The molecule has 0 bridgehead atoms. The van der Waals surface area contributed by atoms with Gasteiger partial charge in [-0.25, -0.2) is 4.79 Å². The number of allylic oxidation sites excluding steroid dienone is 3. The highest BCUT2D eigenvalue weighted by Gasteiger charge is 2.49. The second kappa shape index (κ2) is 20.3. The summed E-state index contributed by atoms with van der Waals surface area (Å²) >= 11 is 0. The van der Waals surface area contributed by atoms with Crippen LogP contribution in [0.1, 0.15) is 239 Å². The lowest BCUT2D eigenvalue weighted by Crippen LogP contribution is -2.46. The van der Waals surface area contributed by atoms with Crippen LogP contribution < -0.4 is 15.2 Å². The topological polar surface area (TPSA) is 139 Å². The van der Waals surface area contributed by atoms with Crippen molar-refractivity contribution in [1.29, 1.82) is 0 Å². The fourth-order valence-electron chi connectivity index (χ4n) is 11.3. The number of fused-ring (bicyclic) bond motifs is 6. The number of phenols is 2. The summed E-state index contributed by atoms with van der Waals surface area (Å²) in [5, 5.41) is 31.7. The third kappa shape index (κ3) is 12.7. The van der Waals surface area contributed by atoms with E-state index in [1.807, 2.05) is 18.2 Å². The Morgan fingerprint density at radius 2 is 1.04 bits per heavy atom. The molecular formula is C59H89NO7. The molecule has 6 aliphatic rings. The Morgan fingerprint density at radius 1 is 0.642 bits per heavy atom. The number of nitrogens with two attached hydrogens (primary N) is 1. The zero-order chi connectivity index (χ0) is 49.3. The number of carbonyl (C=O) groups excluding carboxylic acids is 1. The highest BCUT2D eigenvalue weighted by molar-refractivity contribution is 5.96. The Bertz CT molecular complexity index is 2160. The number of phenolic OH excluding ortho intramolecular Hbond substituents is 2. The van der Waals surface area contributed by atoms with E-state index >= 15 is 0 Å². The van der Waals surface area contributed by atoms with E-state index in [-0.39, 0.29) is 56.8 Å². The number of benzene rings is 2. The summed E-state index contributed by atoms with van der Waals surface area (Å²) in [7, 11) is 0. The van der Waals surface area contributed by atoms with Gasteiger partial charge in [0, 0.05) is 52.3 Å². The van der Waals surface area contributed by atoms with Gasteiger partial charge in [0.1, 0.15) is 34.2 Å². The molecule has 5 N–H and O–H groups in total. The average molecular weight is 924 g/mol. The molecular weight excluding hydrogens is 835 g/mol. The van der Waals surface area contributed by atoms with Crippen LogP contribution in [0, 0.1) is 17.3 Å². The van der Waals surface area contributed by atoms with Crippen molar-refractivity contribution in [2.24, 2.45) is 23.0 Å². The smallest absolute Gasteiger partial charge is 0.331 e. The van der Waals surface area contributed by atoms with Gasteiger partial charge in [0.05, 0.1) is 0 Å². The maximum Gasteiger partial charge on any atom is 0.331 e. The molecule has 0 radical (unpaired) electrons. The Labute approximate surface area is 405 Å². The number of carbonyl (C=O) groups is 2. The molecule has 372 valence electrons. The van der Waals surface area contributed by atoms with Crippen LogP contribution in [0.25, 0.3) is 0 Å². The molecule has 0 spiro atoms. The van der Waals surface area contributed by atoms with E-state index in [1.54, 1.807) is 0 Å². The first-order valence-electron chi connectivity index (χ1n) is 26.3. The molecule has 2 aliphatic heterocycles. The maximum absolute atomic E-state index is 13.1. The lowest BCUT2D eigenvalue weighted by Gasteiger charge is -2.47. The zero-order valence-electron chi connectivity index (χ0n) is 43.8. The molecule has 8 rings (SSSR count). The number of aliphatic carboxylic acids is 1. The van der Waals surface area contributed by atoms with Gasteiger partial charge in [-0.3, -0.25) is 4.79 Å². The Hall–Kier alpha value is -3.78. The summed E-state index contributed by atoms with van der Waals surface area (Å²) in [5.74, 6) is 2.08. The number of hydrogen-bond donors (Lipinski definition) is 4. The van der Waals surface area contributed by atoms with Crippen molar-refractivity contribution in [3.8, 4) is 23.0 Å². The molecule has 0 aromatic heterocycles. The van der Waals surface area contributed by atoms with Crippen LogP contribution in [0.2, 0.25) is 0 Å². The van der Waals surface area contributed by atoms with Crippen LogP contribution in [0.3, 0.4) is 0 Å². The van der Waals surface area contributed by atoms with Crippen LogP contribution in [0.15, 0.2) is 47.6 Å². The Morgan fingerprint density at radius 3 is 1.42 bits per heavy atom. The minimum absolute atomic E-state index is 0.0160. The summed E-state index contributed by atoms with van der Waals surface area (Å²) in [5.41, 5.74) is 10.5. The molecule has 4 aliphatic carbocycles. The molecule has 8 nitrogen and oxygen atoms in total. The predicted octanol–water partition coefficient (Wildman–Crippen LogP) is 14.8. The number of carboxylic acid groups (broad SMARTS) is 1. The quantitative estimate of drug-likeness (QED) is 0.122. The van der Waals surface area contributed by atoms with E-state index in [0.717, 1.165) is 58.6 Å². The van der Waals surface area contributed by atoms with Gasteiger partial charge >= 0.3 is 5.97 Å². The molecule has 67 heavy (non-hydrogen) atoms. The van der Waals surface area contributed by atoms with Crippen molar-refractivity contribution in [2.45, 2.75) is 244 Å².